The van der Waals surface area contributed by atoms with E-state index in [4.69, 9.17) is 13.9 Å². The number of benzene rings is 1. The number of urea groups is 1. The van der Waals surface area contributed by atoms with Crippen molar-refractivity contribution in [2.24, 2.45) is 0 Å². The highest BCUT2D eigenvalue weighted by atomic mass is 32.1. The van der Waals surface area contributed by atoms with Crippen molar-refractivity contribution in [1.82, 2.24) is 20.5 Å². The Morgan fingerprint density at radius 3 is 3.00 bits per heavy atom. The van der Waals surface area contributed by atoms with Crippen LogP contribution in [0.25, 0.3) is 11.5 Å². The van der Waals surface area contributed by atoms with Gasteiger partial charge in [0.2, 0.25) is 5.89 Å². The Balaban J connectivity index is 1.43. The van der Waals surface area contributed by atoms with Crippen LogP contribution in [0.2, 0.25) is 0 Å². The largest absolute Gasteiger partial charge is 0.491 e. The molecule has 2 N–H and O–H groups in total. The molecule has 0 aliphatic carbocycles. The molecular weight excluding hydrogens is 432 g/mol. The maximum atomic E-state index is 11.7. The molecule has 1 saturated heterocycles. The number of aromatic nitrogens is 3. The van der Waals surface area contributed by atoms with Crippen LogP contribution in [0.1, 0.15) is 30.5 Å². The standard InChI is InChI=1S/C21H24N6O4S/c1-11(2)30-14-6-4-5-12(7-14)18-25-26-21(31-18)27-13-8-15-17(16(27)10-29-9-13)32-20(23-15)24-19(28)22-3/h4-7,11,13,16H,8-10H2,1-3H3,(H2,22,23,24,28)/t13-,16-/m0/s1. The van der Waals surface area contributed by atoms with Gasteiger partial charge in [0.05, 0.1) is 42.0 Å². The Morgan fingerprint density at radius 1 is 1.31 bits per heavy atom. The summed E-state index contributed by atoms with van der Waals surface area (Å²) < 4.78 is 17.7. The molecule has 0 unspecified atom stereocenters. The first-order valence-corrected chi connectivity index (χ1v) is 11.3. The van der Waals surface area contributed by atoms with E-state index in [0.29, 0.717) is 36.7 Å². The summed E-state index contributed by atoms with van der Waals surface area (Å²) in [5.41, 5.74) is 1.78. The van der Waals surface area contributed by atoms with Gasteiger partial charge in [-0.05, 0) is 32.0 Å². The molecule has 5 rings (SSSR count). The molecule has 2 bridgehead atoms. The predicted octanol–water partition coefficient (Wildman–Crippen LogP) is 3.23. The number of hydrogen-bond acceptors (Lipinski definition) is 9. The number of thiazole rings is 1. The fraction of sp³-hybridized carbons (Fsp3) is 0.429. The molecule has 0 radical (unpaired) electrons. The van der Waals surface area contributed by atoms with Crippen LogP contribution in [-0.4, -0.2) is 53.6 Å². The van der Waals surface area contributed by atoms with Crippen molar-refractivity contribution < 1.29 is 18.7 Å². The number of morpholine rings is 1. The molecule has 3 aromatic rings. The first-order chi connectivity index (χ1) is 15.5. The lowest BCUT2D eigenvalue weighted by Crippen LogP contribution is -2.51. The number of fused-ring (bicyclic) bond motifs is 4. The van der Waals surface area contributed by atoms with E-state index in [9.17, 15) is 4.79 Å². The summed E-state index contributed by atoms with van der Waals surface area (Å²) in [4.78, 5) is 19.5. The molecule has 2 atom stereocenters. The molecule has 1 aromatic carbocycles. The number of nitrogens with one attached hydrogen (secondary N) is 2. The second kappa shape index (κ2) is 8.40. The van der Waals surface area contributed by atoms with Gasteiger partial charge in [0.25, 0.3) is 0 Å². The Bertz CT molecular complexity index is 1130. The number of anilines is 2. The molecule has 2 aliphatic heterocycles. The normalized spacial score (nSPS) is 19.6. The first-order valence-electron chi connectivity index (χ1n) is 10.5. The summed E-state index contributed by atoms with van der Waals surface area (Å²) >= 11 is 1.45. The summed E-state index contributed by atoms with van der Waals surface area (Å²) in [5.74, 6) is 1.19. The van der Waals surface area contributed by atoms with Crippen LogP contribution in [0.5, 0.6) is 5.75 Å². The highest BCUT2D eigenvalue weighted by Crippen LogP contribution is 2.43. The molecule has 10 nitrogen and oxygen atoms in total. The zero-order valence-electron chi connectivity index (χ0n) is 18.0. The summed E-state index contributed by atoms with van der Waals surface area (Å²) in [7, 11) is 1.57. The topological polar surface area (TPSA) is 115 Å². The minimum atomic E-state index is -0.294. The van der Waals surface area contributed by atoms with E-state index in [1.807, 2.05) is 38.1 Å². The zero-order chi connectivity index (χ0) is 22.2. The lowest BCUT2D eigenvalue weighted by Gasteiger charge is -2.43. The second-order valence-electron chi connectivity index (χ2n) is 7.94. The van der Waals surface area contributed by atoms with Crippen molar-refractivity contribution in [2.45, 2.75) is 38.5 Å². The number of ether oxygens (including phenoxy) is 2. The molecular formula is C21H24N6O4S. The SMILES string of the molecule is CNC(=O)Nc1nc2c(s1)[C@@H]1COC[C@H](C2)N1c1nnc(-c2cccc(OC(C)C)c2)o1. The van der Waals surface area contributed by atoms with Crippen molar-refractivity contribution in [3.63, 3.8) is 0 Å². The third kappa shape index (κ3) is 3.89. The molecule has 2 amide bonds. The molecule has 168 valence electrons. The lowest BCUT2D eigenvalue weighted by atomic mass is 9.97. The van der Waals surface area contributed by atoms with E-state index in [0.717, 1.165) is 21.9 Å². The summed E-state index contributed by atoms with van der Waals surface area (Å²) in [6.45, 7) is 5.00. The van der Waals surface area contributed by atoms with E-state index >= 15 is 0 Å². The van der Waals surface area contributed by atoms with Crippen LogP contribution in [-0.2, 0) is 11.2 Å². The van der Waals surface area contributed by atoms with Gasteiger partial charge in [-0.3, -0.25) is 5.32 Å². The predicted molar refractivity (Wildman–Crippen MR) is 119 cm³/mol. The highest BCUT2D eigenvalue weighted by molar-refractivity contribution is 7.16. The smallest absolute Gasteiger partial charge is 0.320 e. The summed E-state index contributed by atoms with van der Waals surface area (Å²) in [5, 5.41) is 14.5. The van der Waals surface area contributed by atoms with Crippen LogP contribution >= 0.6 is 11.3 Å². The Hall–Kier alpha value is -3.18. The van der Waals surface area contributed by atoms with Crippen LogP contribution in [0.15, 0.2) is 28.7 Å². The second-order valence-corrected chi connectivity index (χ2v) is 8.97. The molecule has 2 aromatic heterocycles. The van der Waals surface area contributed by atoms with Crippen molar-refractivity contribution >= 4 is 28.5 Å². The van der Waals surface area contributed by atoms with Gasteiger partial charge in [-0.15, -0.1) is 5.10 Å². The molecule has 0 spiro atoms. The Kier molecular flexibility index (Phi) is 5.43. The maximum Gasteiger partial charge on any atom is 0.320 e. The average Bonchev–Trinajstić information content (AvgIpc) is 3.40. The number of rotatable bonds is 5. The number of carbonyl (C=O) groups excluding carboxylic acids is 1. The fourth-order valence-corrected chi connectivity index (χ4v) is 5.07. The van der Waals surface area contributed by atoms with Crippen LogP contribution in [0.4, 0.5) is 15.9 Å². The van der Waals surface area contributed by atoms with Gasteiger partial charge in [0.15, 0.2) is 5.13 Å². The third-order valence-corrected chi connectivity index (χ3v) is 6.42. The van der Waals surface area contributed by atoms with Gasteiger partial charge in [-0.2, -0.15) is 0 Å². The lowest BCUT2D eigenvalue weighted by molar-refractivity contribution is 0.0578. The number of nitrogens with zero attached hydrogens (tertiary/aromatic N) is 4. The van der Waals surface area contributed by atoms with Crippen molar-refractivity contribution in [2.75, 3.05) is 30.5 Å². The molecule has 0 saturated carbocycles. The third-order valence-electron chi connectivity index (χ3n) is 5.31. The summed E-state index contributed by atoms with van der Waals surface area (Å²) in [6.07, 6.45) is 0.750. The fourth-order valence-electron chi connectivity index (χ4n) is 4.00. The van der Waals surface area contributed by atoms with E-state index < -0.39 is 0 Å². The number of hydrogen-bond donors (Lipinski definition) is 2. The monoisotopic (exact) mass is 456 g/mol. The van der Waals surface area contributed by atoms with Gasteiger partial charge >= 0.3 is 12.0 Å². The van der Waals surface area contributed by atoms with Crippen LogP contribution < -0.4 is 20.3 Å². The number of amides is 2. The molecule has 32 heavy (non-hydrogen) atoms. The van der Waals surface area contributed by atoms with Crippen molar-refractivity contribution in [1.29, 1.82) is 0 Å². The molecule has 4 heterocycles. The zero-order valence-corrected chi connectivity index (χ0v) is 18.8. The maximum absolute atomic E-state index is 11.7. The van der Waals surface area contributed by atoms with Gasteiger partial charge in [0.1, 0.15) is 5.75 Å². The van der Waals surface area contributed by atoms with E-state index in [2.05, 4.69) is 30.7 Å². The van der Waals surface area contributed by atoms with Crippen LogP contribution in [0, 0.1) is 0 Å². The van der Waals surface area contributed by atoms with E-state index in [1.54, 1.807) is 7.05 Å². The quantitative estimate of drug-likeness (QED) is 0.601. The Labute approximate surface area is 188 Å². The van der Waals surface area contributed by atoms with Crippen molar-refractivity contribution in [3.8, 4) is 17.2 Å². The van der Waals surface area contributed by atoms with Gasteiger partial charge in [-0.25, -0.2) is 9.78 Å². The van der Waals surface area contributed by atoms with Gasteiger partial charge in [0, 0.05) is 19.0 Å². The number of carbonyl (C=O) groups is 1. The molecule has 1 fully saturated rings. The Morgan fingerprint density at radius 2 is 2.19 bits per heavy atom. The van der Waals surface area contributed by atoms with E-state index in [1.165, 1.54) is 11.3 Å². The minimum Gasteiger partial charge on any atom is -0.491 e. The van der Waals surface area contributed by atoms with Crippen LogP contribution in [0.3, 0.4) is 0 Å². The molecule has 11 heteroatoms. The van der Waals surface area contributed by atoms with E-state index in [-0.39, 0.29) is 24.2 Å². The van der Waals surface area contributed by atoms with Crippen molar-refractivity contribution in [3.05, 3.63) is 34.8 Å². The summed E-state index contributed by atoms with van der Waals surface area (Å²) in [6, 6.07) is 7.72. The average molecular weight is 457 g/mol. The van der Waals surface area contributed by atoms with Gasteiger partial charge < -0.3 is 24.1 Å². The van der Waals surface area contributed by atoms with Gasteiger partial charge in [-0.1, -0.05) is 22.5 Å². The minimum absolute atomic E-state index is 0.0279. The molecule has 2 aliphatic rings. The highest BCUT2D eigenvalue weighted by Gasteiger charge is 2.43. The first kappa shape index (κ1) is 20.7.